The average Bonchev–Trinajstić information content (AvgIpc) is 2.64. The van der Waals surface area contributed by atoms with E-state index in [1.54, 1.807) is 0 Å². The van der Waals surface area contributed by atoms with Crippen LogP contribution < -0.4 is 10.4 Å². The van der Waals surface area contributed by atoms with Crippen LogP contribution in [0.15, 0.2) is 0 Å². The van der Waals surface area contributed by atoms with Gasteiger partial charge in [-0.1, -0.05) is 110 Å². The molecule has 160 valence electrons. The van der Waals surface area contributed by atoms with Gasteiger partial charge in [0.1, 0.15) is 0 Å². The third kappa shape index (κ3) is 18.1. The van der Waals surface area contributed by atoms with E-state index in [1.165, 1.54) is 83.5 Å². The molecule has 0 aromatic rings. The minimum Gasteiger partial charge on any atom is -0.548 e. The molecule has 0 heterocycles. The van der Waals surface area contributed by atoms with Gasteiger partial charge in [0.25, 0.3) is 0 Å². The Morgan fingerprint density at radius 1 is 0.667 bits per heavy atom. The maximum atomic E-state index is 11.8. The number of hydrogen-bond acceptors (Lipinski definition) is 3. The van der Waals surface area contributed by atoms with Gasteiger partial charge >= 0.3 is 0 Å². The van der Waals surface area contributed by atoms with Gasteiger partial charge in [-0.15, -0.1) is 0 Å². The van der Waals surface area contributed by atoms with Crippen LogP contribution in [0.1, 0.15) is 129 Å². The topological polar surface area (TPSA) is 69.2 Å². The summed E-state index contributed by atoms with van der Waals surface area (Å²) >= 11 is 0. The molecule has 0 rings (SSSR count). The summed E-state index contributed by atoms with van der Waals surface area (Å²) in [6.07, 6.45) is 21.0. The van der Waals surface area contributed by atoms with Crippen LogP contribution in [0.4, 0.5) is 0 Å². The van der Waals surface area contributed by atoms with E-state index in [-0.39, 0.29) is 5.91 Å². The molecular formula is C23H44NO3-. The van der Waals surface area contributed by atoms with Gasteiger partial charge in [-0.05, 0) is 12.8 Å². The number of carbonyl (C=O) groups is 2. The van der Waals surface area contributed by atoms with E-state index in [0.717, 1.165) is 19.3 Å². The largest absolute Gasteiger partial charge is 0.548 e. The van der Waals surface area contributed by atoms with Crippen molar-refractivity contribution in [1.82, 2.24) is 5.32 Å². The van der Waals surface area contributed by atoms with Gasteiger partial charge in [0.15, 0.2) is 0 Å². The van der Waals surface area contributed by atoms with Crippen molar-refractivity contribution in [1.29, 1.82) is 0 Å². The molecule has 1 atom stereocenters. The number of carboxylic acid groups (broad SMARTS) is 1. The summed E-state index contributed by atoms with van der Waals surface area (Å²) in [7, 11) is 0. The molecule has 0 radical (unpaired) electrons. The van der Waals surface area contributed by atoms with E-state index < -0.39 is 12.0 Å². The van der Waals surface area contributed by atoms with Crippen molar-refractivity contribution in [3.63, 3.8) is 0 Å². The first kappa shape index (κ1) is 25.9. The molecule has 0 saturated heterocycles. The molecule has 0 aliphatic heterocycles. The summed E-state index contributed by atoms with van der Waals surface area (Å²) in [5, 5.41) is 13.5. The van der Waals surface area contributed by atoms with Gasteiger partial charge in [-0.2, -0.15) is 0 Å². The summed E-state index contributed by atoms with van der Waals surface area (Å²) < 4.78 is 0. The lowest BCUT2D eigenvalue weighted by molar-refractivity contribution is -0.308. The predicted octanol–water partition coefficient (Wildman–Crippen LogP) is 5.28. The minimum absolute atomic E-state index is 0.160. The fourth-order valence-corrected chi connectivity index (χ4v) is 3.46. The number of amides is 1. The molecule has 0 bridgehead atoms. The summed E-state index contributed by atoms with van der Waals surface area (Å²) in [5.41, 5.74) is 0. The number of hydrogen-bond donors (Lipinski definition) is 1. The SMILES string of the molecule is CCCCCCCCCCCCCCCCCC(=O)NC(CCC)C(=O)[O-]. The summed E-state index contributed by atoms with van der Waals surface area (Å²) in [6, 6.07) is -0.834. The van der Waals surface area contributed by atoms with Crippen LogP contribution in [0.2, 0.25) is 0 Å². The molecule has 0 aliphatic rings. The summed E-state index contributed by atoms with van der Waals surface area (Å²) in [6.45, 7) is 4.16. The fraction of sp³-hybridized carbons (Fsp3) is 0.913. The lowest BCUT2D eigenvalue weighted by Crippen LogP contribution is -2.47. The normalized spacial score (nSPS) is 12.1. The van der Waals surface area contributed by atoms with Crippen LogP contribution in [0.3, 0.4) is 0 Å². The van der Waals surface area contributed by atoms with Crippen molar-refractivity contribution in [3.8, 4) is 0 Å². The van der Waals surface area contributed by atoms with E-state index in [2.05, 4.69) is 12.2 Å². The Morgan fingerprint density at radius 3 is 1.44 bits per heavy atom. The second kappa shape index (κ2) is 19.7. The third-order valence-corrected chi connectivity index (χ3v) is 5.20. The molecule has 1 N–H and O–H groups in total. The van der Waals surface area contributed by atoms with Gasteiger partial charge in [0, 0.05) is 6.42 Å². The van der Waals surface area contributed by atoms with Crippen LogP contribution in [0.5, 0.6) is 0 Å². The van der Waals surface area contributed by atoms with Crippen molar-refractivity contribution in [2.24, 2.45) is 0 Å². The molecule has 0 aromatic heterocycles. The van der Waals surface area contributed by atoms with Crippen molar-refractivity contribution >= 4 is 11.9 Å². The molecule has 0 spiro atoms. The van der Waals surface area contributed by atoms with Crippen LogP contribution in [0.25, 0.3) is 0 Å². The number of unbranched alkanes of at least 4 members (excludes halogenated alkanes) is 14. The number of nitrogens with one attached hydrogen (secondary N) is 1. The number of rotatable bonds is 20. The monoisotopic (exact) mass is 382 g/mol. The second-order valence-electron chi connectivity index (χ2n) is 7.93. The fourth-order valence-electron chi connectivity index (χ4n) is 3.46. The summed E-state index contributed by atoms with van der Waals surface area (Å²) in [4.78, 5) is 22.7. The van der Waals surface area contributed by atoms with Crippen molar-refractivity contribution < 1.29 is 14.7 Å². The van der Waals surface area contributed by atoms with Gasteiger partial charge in [-0.3, -0.25) is 4.79 Å². The molecule has 27 heavy (non-hydrogen) atoms. The molecule has 0 fully saturated rings. The lowest BCUT2D eigenvalue weighted by Gasteiger charge is -2.18. The number of carbonyl (C=O) groups excluding carboxylic acids is 2. The van der Waals surface area contributed by atoms with E-state index >= 15 is 0 Å². The maximum Gasteiger partial charge on any atom is 0.220 e. The Hall–Kier alpha value is -1.06. The maximum absolute atomic E-state index is 11.8. The van der Waals surface area contributed by atoms with E-state index in [1.807, 2.05) is 6.92 Å². The molecule has 0 saturated carbocycles. The first-order chi connectivity index (χ1) is 13.1. The molecule has 0 aromatic carbocycles. The van der Waals surface area contributed by atoms with E-state index in [0.29, 0.717) is 12.8 Å². The van der Waals surface area contributed by atoms with Gasteiger partial charge in [0.05, 0.1) is 12.0 Å². The Labute approximate surface area is 167 Å². The van der Waals surface area contributed by atoms with Gasteiger partial charge in [-0.25, -0.2) is 0 Å². The number of aliphatic carboxylic acids is 1. The lowest BCUT2D eigenvalue weighted by atomic mass is 10.0. The molecular weight excluding hydrogens is 338 g/mol. The Kier molecular flexibility index (Phi) is 18.9. The second-order valence-corrected chi connectivity index (χ2v) is 7.93. The van der Waals surface area contributed by atoms with Crippen molar-refractivity contribution in [2.75, 3.05) is 0 Å². The Bertz CT molecular complexity index is 358. The molecule has 1 amide bonds. The van der Waals surface area contributed by atoms with Crippen LogP contribution >= 0.6 is 0 Å². The van der Waals surface area contributed by atoms with Crippen molar-refractivity contribution in [3.05, 3.63) is 0 Å². The minimum atomic E-state index is -1.18. The van der Waals surface area contributed by atoms with Gasteiger partial charge in [0.2, 0.25) is 5.91 Å². The first-order valence-electron chi connectivity index (χ1n) is 11.6. The van der Waals surface area contributed by atoms with Crippen molar-refractivity contribution in [2.45, 2.75) is 135 Å². The Balaban J connectivity index is 3.33. The van der Waals surface area contributed by atoms with Crippen LogP contribution in [-0.4, -0.2) is 17.9 Å². The highest BCUT2D eigenvalue weighted by Crippen LogP contribution is 2.13. The predicted molar refractivity (Wildman–Crippen MR) is 111 cm³/mol. The molecule has 4 nitrogen and oxygen atoms in total. The Morgan fingerprint density at radius 2 is 1.07 bits per heavy atom. The zero-order chi connectivity index (χ0) is 20.2. The highest BCUT2D eigenvalue weighted by atomic mass is 16.4. The third-order valence-electron chi connectivity index (χ3n) is 5.20. The quantitative estimate of drug-likeness (QED) is 0.291. The molecule has 1 unspecified atom stereocenters. The molecule has 0 aliphatic carbocycles. The summed E-state index contributed by atoms with van der Waals surface area (Å²) in [5.74, 6) is -1.34. The van der Waals surface area contributed by atoms with E-state index in [9.17, 15) is 14.7 Å². The molecule has 4 heteroatoms. The van der Waals surface area contributed by atoms with E-state index in [4.69, 9.17) is 0 Å². The zero-order valence-corrected chi connectivity index (χ0v) is 18.0. The highest BCUT2D eigenvalue weighted by Gasteiger charge is 2.11. The van der Waals surface area contributed by atoms with Crippen LogP contribution in [0, 0.1) is 0 Å². The van der Waals surface area contributed by atoms with Crippen LogP contribution in [-0.2, 0) is 9.59 Å². The smallest absolute Gasteiger partial charge is 0.220 e. The van der Waals surface area contributed by atoms with Gasteiger partial charge < -0.3 is 15.2 Å². The number of carboxylic acids is 1. The standard InChI is InChI=1S/C23H45NO3/c1-3-5-6-7-8-9-10-11-12-13-14-15-16-17-18-20-22(25)24-21(19-4-2)23(26)27/h21H,3-20H2,1-2H3,(H,24,25)(H,26,27)/p-1. The highest BCUT2D eigenvalue weighted by molar-refractivity contribution is 5.82. The average molecular weight is 383 g/mol. The zero-order valence-electron chi connectivity index (χ0n) is 18.0. The first-order valence-corrected chi connectivity index (χ1v) is 11.6.